The van der Waals surface area contributed by atoms with Crippen molar-refractivity contribution in [2.75, 3.05) is 25.2 Å². The van der Waals surface area contributed by atoms with Crippen molar-refractivity contribution in [2.24, 2.45) is 7.05 Å². The summed E-state index contributed by atoms with van der Waals surface area (Å²) in [5.74, 6) is -1.58. The Morgan fingerprint density at radius 3 is 2.34 bits per heavy atom. The number of hydrogen-bond acceptors (Lipinski definition) is 7. The number of halogens is 4. The molecule has 3 aromatic heterocycles. The molecule has 0 saturated heterocycles. The number of anilines is 1. The third-order valence-corrected chi connectivity index (χ3v) is 11.7. The smallest absolute Gasteiger partial charge is 0.471 e. The van der Waals surface area contributed by atoms with Crippen molar-refractivity contribution in [1.29, 1.82) is 0 Å². The van der Waals surface area contributed by atoms with E-state index in [0.29, 0.717) is 46.3 Å². The summed E-state index contributed by atoms with van der Waals surface area (Å²) >= 11 is 2.09. The molecule has 3 aromatic rings. The van der Waals surface area contributed by atoms with E-state index in [1.54, 1.807) is 30.1 Å². The van der Waals surface area contributed by atoms with E-state index in [-0.39, 0.29) is 17.6 Å². The molecular weight excluding hydrogens is 634 g/mol. The van der Waals surface area contributed by atoms with Gasteiger partial charge in [-0.25, -0.2) is 4.98 Å². The number of rotatable bonds is 9. The van der Waals surface area contributed by atoms with Gasteiger partial charge >= 0.3 is 12.1 Å². The molecule has 208 valence electrons. The minimum absolute atomic E-state index is 0.0972. The number of alkyl halides is 3. The zero-order valence-corrected chi connectivity index (χ0v) is 25.5. The molecule has 38 heavy (non-hydrogen) atoms. The second kappa shape index (κ2) is 11.3. The van der Waals surface area contributed by atoms with Crippen molar-refractivity contribution in [3.05, 3.63) is 33.9 Å². The second-order valence-electron chi connectivity index (χ2n) is 10.2. The van der Waals surface area contributed by atoms with E-state index < -0.39 is 20.4 Å². The van der Waals surface area contributed by atoms with E-state index in [9.17, 15) is 18.0 Å². The van der Waals surface area contributed by atoms with Crippen molar-refractivity contribution >= 4 is 53.8 Å². The van der Waals surface area contributed by atoms with Gasteiger partial charge in [0.25, 0.3) is 0 Å². The molecule has 0 atom stereocenters. The molecule has 0 aliphatic carbocycles. The van der Waals surface area contributed by atoms with E-state index in [1.807, 2.05) is 0 Å². The highest BCUT2D eigenvalue weighted by Gasteiger charge is 2.42. The summed E-state index contributed by atoms with van der Waals surface area (Å²) < 4.78 is 59.2. The van der Waals surface area contributed by atoms with Crippen LogP contribution in [0.5, 0.6) is 11.5 Å². The molecule has 0 N–H and O–H groups in total. The van der Waals surface area contributed by atoms with Crippen LogP contribution in [0.3, 0.4) is 0 Å². The Balaban J connectivity index is 1.75. The van der Waals surface area contributed by atoms with Crippen molar-refractivity contribution in [3.8, 4) is 11.5 Å². The van der Waals surface area contributed by atoms with E-state index in [1.165, 1.54) is 6.20 Å². The standard InChI is InChI=1S/C24H31F3IN5O4Si/c1-23(2,3)38(6,7)37-9-8-35-15-10-16(12-29-11-15)36-14-18-19-17(28)13-32(4)20(19)31-22(30-18)33(5)21(34)24(25,26)27/h10-13H,8-9,14H2,1-7H3. The summed E-state index contributed by atoms with van der Waals surface area (Å²) in [7, 11) is 0.805. The van der Waals surface area contributed by atoms with Crippen molar-refractivity contribution in [2.45, 2.75) is 51.7 Å². The minimum atomic E-state index is -5.06. The van der Waals surface area contributed by atoms with E-state index in [4.69, 9.17) is 13.9 Å². The largest absolute Gasteiger partial charge is 0.489 e. The first-order chi connectivity index (χ1) is 17.5. The Morgan fingerprint density at radius 2 is 1.74 bits per heavy atom. The van der Waals surface area contributed by atoms with Gasteiger partial charge in [0.2, 0.25) is 5.95 Å². The predicted octanol–water partition coefficient (Wildman–Crippen LogP) is 5.47. The molecule has 0 unspecified atom stereocenters. The van der Waals surface area contributed by atoms with Gasteiger partial charge < -0.3 is 18.5 Å². The number of nitrogens with zero attached hydrogens (tertiary/aromatic N) is 5. The number of fused-ring (bicyclic) bond motifs is 1. The SMILES string of the molecule is CN(C(=O)C(F)(F)F)c1nc(COc2cncc(OCCO[Si](C)(C)C(C)(C)C)c2)c2c(I)cn(C)c2n1. The Kier molecular flexibility index (Phi) is 8.97. The molecule has 0 spiro atoms. The van der Waals surface area contributed by atoms with Gasteiger partial charge in [-0.1, -0.05) is 20.8 Å². The van der Waals surface area contributed by atoms with Crippen LogP contribution in [0.2, 0.25) is 18.1 Å². The summed E-state index contributed by atoms with van der Waals surface area (Å²) in [6, 6.07) is 1.66. The van der Waals surface area contributed by atoms with Gasteiger partial charge in [0.15, 0.2) is 8.32 Å². The van der Waals surface area contributed by atoms with Crippen LogP contribution in [0.4, 0.5) is 19.1 Å². The Hall–Kier alpha value is -2.46. The molecule has 0 aliphatic rings. The van der Waals surface area contributed by atoms with Gasteiger partial charge in [0.1, 0.15) is 30.4 Å². The highest BCUT2D eigenvalue weighted by molar-refractivity contribution is 14.1. The van der Waals surface area contributed by atoms with Crippen molar-refractivity contribution in [1.82, 2.24) is 19.5 Å². The monoisotopic (exact) mass is 665 g/mol. The molecule has 0 saturated carbocycles. The summed E-state index contributed by atoms with van der Waals surface area (Å²) in [6.07, 6.45) is -0.250. The van der Waals surface area contributed by atoms with Crippen LogP contribution < -0.4 is 14.4 Å². The zero-order valence-electron chi connectivity index (χ0n) is 22.3. The highest BCUT2D eigenvalue weighted by atomic mass is 127. The van der Waals surface area contributed by atoms with Crippen LogP contribution in [0.15, 0.2) is 24.7 Å². The summed E-state index contributed by atoms with van der Waals surface area (Å²) in [6.45, 7) is 11.5. The third kappa shape index (κ3) is 6.94. The average molecular weight is 666 g/mol. The maximum Gasteiger partial charge on any atom is 0.471 e. The number of carbonyl (C=O) groups is 1. The number of pyridine rings is 1. The van der Waals surface area contributed by atoms with Gasteiger partial charge in [-0.15, -0.1) is 0 Å². The molecule has 0 radical (unpaired) electrons. The number of carbonyl (C=O) groups excluding carboxylic acids is 1. The summed E-state index contributed by atoms with van der Waals surface area (Å²) in [5, 5.41) is 0.716. The summed E-state index contributed by atoms with van der Waals surface area (Å²) in [5.41, 5.74) is 0.697. The fourth-order valence-corrected chi connectivity index (χ4v) is 5.19. The molecule has 3 rings (SSSR count). The quantitative estimate of drug-likeness (QED) is 0.170. The number of amides is 1. The van der Waals surface area contributed by atoms with Gasteiger partial charge in [0, 0.05) is 29.9 Å². The maximum absolute atomic E-state index is 13.0. The van der Waals surface area contributed by atoms with E-state index in [0.717, 1.165) is 10.6 Å². The first kappa shape index (κ1) is 30.1. The minimum Gasteiger partial charge on any atom is -0.489 e. The van der Waals surface area contributed by atoms with Crippen LogP contribution in [0.1, 0.15) is 26.5 Å². The lowest BCUT2D eigenvalue weighted by atomic mass is 10.2. The van der Waals surface area contributed by atoms with Gasteiger partial charge in [-0.2, -0.15) is 18.2 Å². The second-order valence-corrected chi connectivity index (χ2v) is 16.2. The van der Waals surface area contributed by atoms with Crippen molar-refractivity contribution in [3.63, 3.8) is 0 Å². The Morgan fingerprint density at radius 1 is 1.11 bits per heavy atom. The number of aryl methyl sites for hydroxylation is 1. The van der Waals surface area contributed by atoms with Crippen molar-refractivity contribution < 1.29 is 31.9 Å². The predicted molar refractivity (Wildman–Crippen MR) is 148 cm³/mol. The number of ether oxygens (including phenoxy) is 2. The first-order valence-corrected chi connectivity index (χ1v) is 15.7. The van der Waals surface area contributed by atoms with E-state index >= 15 is 0 Å². The average Bonchev–Trinajstić information content (AvgIpc) is 3.11. The highest BCUT2D eigenvalue weighted by Crippen LogP contribution is 2.36. The van der Waals surface area contributed by atoms with E-state index in [2.05, 4.69) is 71.4 Å². The molecule has 0 bridgehead atoms. The topological polar surface area (TPSA) is 91.6 Å². The molecule has 1 amide bonds. The molecule has 9 nitrogen and oxygen atoms in total. The lowest BCUT2D eigenvalue weighted by Crippen LogP contribution is -2.41. The number of aromatic nitrogens is 4. The maximum atomic E-state index is 13.0. The van der Waals surface area contributed by atoms with Crippen LogP contribution in [-0.4, -0.2) is 60.2 Å². The molecule has 14 heteroatoms. The first-order valence-electron chi connectivity index (χ1n) is 11.7. The number of hydrogen-bond donors (Lipinski definition) is 0. The van der Waals surface area contributed by atoms with Gasteiger partial charge in [-0.3, -0.25) is 14.7 Å². The molecular formula is C24H31F3IN5O4Si. The third-order valence-electron chi connectivity index (χ3n) is 6.36. The van der Waals surface area contributed by atoms with Crippen LogP contribution in [0.25, 0.3) is 11.0 Å². The van der Waals surface area contributed by atoms with Gasteiger partial charge in [0.05, 0.1) is 30.1 Å². The zero-order chi connectivity index (χ0) is 28.5. The van der Waals surface area contributed by atoms with Crippen LogP contribution in [0, 0.1) is 3.57 Å². The molecule has 3 heterocycles. The lowest BCUT2D eigenvalue weighted by molar-refractivity contribution is -0.170. The molecule has 0 aliphatic heterocycles. The van der Waals surface area contributed by atoms with Crippen LogP contribution in [-0.2, 0) is 22.9 Å². The Labute approximate surface area is 234 Å². The lowest BCUT2D eigenvalue weighted by Gasteiger charge is -2.36. The summed E-state index contributed by atoms with van der Waals surface area (Å²) in [4.78, 5) is 24.7. The molecule has 0 fully saturated rings. The fraction of sp³-hybridized carbons (Fsp3) is 0.500. The van der Waals surface area contributed by atoms with Crippen LogP contribution >= 0.6 is 22.6 Å². The van der Waals surface area contributed by atoms with Gasteiger partial charge in [-0.05, 0) is 40.7 Å². The fourth-order valence-electron chi connectivity index (χ4n) is 3.19. The molecule has 0 aromatic carbocycles. The Bertz CT molecular complexity index is 1310. The normalized spacial score (nSPS) is 12.6.